The highest BCUT2D eigenvalue weighted by Crippen LogP contribution is 2.22. The topological polar surface area (TPSA) is 169 Å². The van der Waals surface area contributed by atoms with Crippen LogP contribution in [0.25, 0.3) is 0 Å². The first-order valence-corrected chi connectivity index (χ1v) is 21.1. The molecule has 1 rings (SSSR count). The fourth-order valence-electron chi connectivity index (χ4n) is 6.13. The third kappa shape index (κ3) is 24.4. The molecule has 7 N–H and O–H groups in total. The standard InChI is InChI=1S/C44H77NO9/c1-3-5-7-9-11-13-15-16-17-18-19-20-21-23-25-27-29-31-33-38(48)43(52)45-36(35-53-44-42(51)41(50)40(49)39(34-46)54-44)37(47)32-30-28-26-24-22-14-12-10-8-6-4-2/h8,10-11,13,15-16,22,24,30,32,36-42,44,46-51H,3-7,9,12,14,17-21,23,25-29,31,33-35H2,1-2H3,(H,45,52)/b10-8+,13-11-,16-15-,24-22+,32-30+. The predicted octanol–water partition coefficient (Wildman–Crippen LogP) is 7.02. The lowest BCUT2D eigenvalue weighted by molar-refractivity contribution is -0.302. The van der Waals surface area contributed by atoms with Crippen LogP contribution in [0.4, 0.5) is 0 Å². The van der Waals surface area contributed by atoms with E-state index in [9.17, 15) is 35.4 Å². The summed E-state index contributed by atoms with van der Waals surface area (Å²) in [5.74, 6) is -0.640. The third-order valence-electron chi connectivity index (χ3n) is 9.66. The molecule has 10 heteroatoms. The largest absolute Gasteiger partial charge is 0.394 e. The van der Waals surface area contributed by atoms with Crippen molar-refractivity contribution in [1.29, 1.82) is 0 Å². The molecule has 312 valence electrons. The first-order valence-electron chi connectivity index (χ1n) is 21.1. The van der Waals surface area contributed by atoms with Crippen LogP contribution in [-0.2, 0) is 14.3 Å². The number of unbranched alkanes of at least 4 members (excludes halogenated alkanes) is 15. The highest BCUT2D eigenvalue weighted by Gasteiger charge is 2.44. The number of amides is 1. The van der Waals surface area contributed by atoms with Gasteiger partial charge in [-0.1, -0.05) is 145 Å². The SMILES string of the molecule is CCC/C=C/CC/C=C/CC/C=C/C(O)C(COC1OC(CO)C(O)C(O)C1O)NC(=O)C(O)CCCCCCCCCCC/C=C\C=C/CCCCC. The molecule has 0 bridgehead atoms. The zero-order valence-corrected chi connectivity index (χ0v) is 33.6. The molecule has 1 saturated heterocycles. The van der Waals surface area contributed by atoms with Crippen LogP contribution in [0.5, 0.6) is 0 Å². The summed E-state index contributed by atoms with van der Waals surface area (Å²) in [6, 6.07) is -1.01. The molecule has 1 amide bonds. The van der Waals surface area contributed by atoms with Gasteiger partial charge in [0.1, 0.15) is 30.5 Å². The molecule has 8 atom stereocenters. The van der Waals surface area contributed by atoms with E-state index in [4.69, 9.17) is 9.47 Å². The van der Waals surface area contributed by atoms with Crippen molar-refractivity contribution in [2.24, 2.45) is 0 Å². The maximum atomic E-state index is 13.0. The molecule has 0 spiro atoms. The average Bonchev–Trinajstić information content (AvgIpc) is 3.17. The summed E-state index contributed by atoms with van der Waals surface area (Å²) in [5.41, 5.74) is 0. The molecule has 0 saturated carbocycles. The Bertz CT molecular complexity index is 1040. The molecule has 1 fully saturated rings. The third-order valence-corrected chi connectivity index (χ3v) is 9.66. The molecule has 1 aliphatic rings. The highest BCUT2D eigenvalue weighted by atomic mass is 16.7. The van der Waals surface area contributed by atoms with Crippen LogP contribution in [-0.4, -0.2) is 98.7 Å². The number of rotatable bonds is 33. The van der Waals surface area contributed by atoms with Gasteiger partial charge in [0.15, 0.2) is 6.29 Å². The normalized spacial score (nSPS) is 22.7. The smallest absolute Gasteiger partial charge is 0.249 e. The maximum Gasteiger partial charge on any atom is 0.249 e. The van der Waals surface area contributed by atoms with E-state index in [0.717, 1.165) is 57.8 Å². The molecule has 0 aliphatic carbocycles. The van der Waals surface area contributed by atoms with Crippen molar-refractivity contribution in [1.82, 2.24) is 5.32 Å². The van der Waals surface area contributed by atoms with E-state index in [1.165, 1.54) is 57.8 Å². The van der Waals surface area contributed by atoms with E-state index in [0.29, 0.717) is 19.3 Å². The van der Waals surface area contributed by atoms with Crippen LogP contribution in [0.15, 0.2) is 60.8 Å². The molecule has 8 unspecified atom stereocenters. The van der Waals surface area contributed by atoms with Crippen LogP contribution in [0, 0.1) is 0 Å². The number of aliphatic hydroxyl groups is 6. The second-order valence-corrected chi connectivity index (χ2v) is 14.6. The Labute approximate surface area is 327 Å². The minimum Gasteiger partial charge on any atom is -0.394 e. The van der Waals surface area contributed by atoms with Crippen LogP contribution < -0.4 is 5.32 Å². The van der Waals surface area contributed by atoms with E-state index >= 15 is 0 Å². The Balaban J connectivity index is 2.45. The van der Waals surface area contributed by atoms with Gasteiger partial charge in [0.05, 0.1) is 25.4 Å². The quantitative estimate of drug-likeness (QED) is 0.0211. The van der Waals surface area contributed by atoms with Crippen LogP contribution in [0.3, 0.4) is 0 Å². The second kappa shape index (κ2) is 34.1. The Morgan fingerprint density at radius 1 is 0.648 bits per heavy atom. The lowest BCUT2D eigenvalue weighted by Crippen LogP contribution is -2.60. The van der Waals surface area contributed by atoms with Crippen LogP contribution >= 0.6 is 0 Å². The summed E-state index contributed by atoms with van der Waals surface area (Å²) in [6.45, 7) is 3.45. The van der Waals surface area contributed by atoms with Gasteiger partial charge < -0.3 is 45.4 Å². The highest BCUT2D eigenvalue weighted by molar-refractivity contribution is 5.80. The molecular formula is C44H77NO9. The molecule has 0 aromatic rings. The second-order valence-electron chi connectivity index (χ2n) is 14.6. The van der Waals surface area contributed by atoms with Gasteiger partial charge in [-0.2, -0.15) is 0 Å². The van der Waals surface area contributed by atoms with Crippen molar-refractivity contribution in [3.8, 4) is 0 Å². The van der Waals surface area contributed by atoms with Gasteiger partial charge in [0.2, 0.25) is 5.91 Å². The molecule has 10 nitrogen and oxygen atoms in total. The summed E-state index contributed by atoms with van der Waals surface area (Å²) in [4.78, 5) is 13.0. The van der Waals surface area contributed by atoms with Gasteiger partial charge in [-0.05, 0) is 64.2 Å². The van der Waals surface area contributed by atoms with Crippen molar-refractivity contribution in [3.05, 3.63) is 60.8 Å². The zero-order valence-electron chi connectivity index (χ0n) is 33.6. The van der Waals surface area contributed by atoms with Crippen molar-refractivity contribution in [2.45, 2.75) is 198 Å². The summed E-state index contributed by atoms with van der Waals surface area (Å²) in [5, 5.41) is 64.4. The van der Waals surface area contributed by atoms with Crippen molar-refractivity contribution >= 4 is 5.91 Å². The molecular weight excluding hydrogens is 686 g/mol. The Morgan fingerprint density at radius 3 is 1.76 bits per heavy atom. The van der Waals surface area contributed by atoms with Crippen LogP contribution in [0.1, 0.15) is 149 Å². The number of aliphatic hydroxyl groups excluding tert-OH is 6. The van der Waals surface area contributed by atoms with Crippen LogP contribution in [0.2, 0.25) is 0 Å². The van der Waals surface area contributed by atoms with Crippen molar-refractivity contribution < 1.29 is 44.9 Å². The number of allylic oxidation sites excluding steroid dienone is 9. The zero-order chi connectivity index (χ0) is 39.7. The minimum atomic E-state index is -1.62. The van der Waals surface area contributed by atoms with Crippen molar-refractivity contribution in [2.75, 3.05) is 13.2 Å². The molecule has 0 radical (unpaired) electrons. The molecule has 0 aromatic heterocycles. The lowest BCUT2D eigenvalue weighted by Gasteiger charge is -2.40. The number of nitrogens with one attached hydrogen (secondary N) is 1. The van der Waals surface area contributed by atoms with E-state index in [-0.39, 0.29) is 6.61 Å². The fraction of sp³-hybridized carbons (Fsp3) is 0.750. The van der Waals surface area contributed by atoms with Crippen molar-refractivity contribution in [3.63, 3.8) is 0 Å². The Kier molecular flexibility index (Phi) is 31.5. The number of ether oxygens (including phenoxy) is 2. The first-order chi connectivity index (χ1) is 26.3. The molecule has 54 heavy (non-hydrogen) atoms. The molecule has 0 aromatic carbocycles. The summed E-state index contributed by atoms with van der Waals surface area (Å²) < 4.78 is 11.1. The Hall–Kier alpha value is -2.15. The van der Waals surface area contributed by atoms with E-state index in [2.05, 4.69) is 67.8 Å². The van der Waals surface area contributed by atoms with Gasteiger partial charge in [-0.25, -0.2) is 0 Å². The summed E-state index contributed by atoms with van der Waals surface area (Å²) >= 11 is 0. The predicted molar refractivity (Wildman–Crippen MR) is 218 cm³/mol. The molecule has 1 aliphatic heterocycles. The first kappa shape index (κ1) is 49.9. The van der Waals surface area contributed by atoms with Gasteiger partial charge in [0, 0.05) is 0 Å². The monoisotopic (exact) mass is 764 g/mol. The van der Waals surface area contributed by atoms with E-state index in [1.807, 2.05) is 6.08 Å². The van der Waals surface area contributed by atoms with Gasteiger partial charge in [0.25, 0.3) is 0 Å². The fourth-order valence-corrected chi connectivity index (χ4v) is 6.13. The number of hydrogen-bond acceptors (Lipinski definition) is 9. The number of hydrogen-bond donors (Lipinski definition) is 7. The van der Waals surface area contributed by atoms with E-state index in [1.54, 1.807) is 6.08 Å². The van der Waals surface area contributed by atoms with E-state index < -0.39 is 61.5 Å². The van der Waals surface area contributed by atoms with Gasteiger partial charge in [-0.15, -0.1) is 0 Å². The summed E-state index contributed by atoms with van der Waals surface area (Å²) in [7, 11) is 0. The molecule has 1 heterocycles. The van der Waals surface area contributed by atoms with Gasteiger partial charge >= 0.3 is 0 Å². The number of carbonyl (C=O) groups excluding carboxylic acids is 1. The Morgan fingerprint density at radius 2 is 1.19 bits per heavy atom. The minimum absolute atomic E-state index is 0.292. The summed E-state index contributed by atoms with van der Waals surface area (Å²) in [6.07, 6.45) is 33.1. The lowest BCUT2D eigenvalue weighted by atomic mass is 9.99. The van der Waals surface area contributed by atoms with Gasteiger partial charge in [-0.3, -0.25) is 4.79 Å². The maximum absolute atomic E-state index is 13.0. The number of carbonyl (C=O) groups is 1. The average molecular weight is 764 g/mol.